The molecule has 7 nitrogen and oxygen atoms in total. The summed E-state index contributed by atoms with van der Waals surface area (Å²) in [5, 5.41) is 17.1. The van der Waals surface area contributed by atoms with Crippen LogP contribution in [0, 0.1) is 0 Å². The van der Waals surface area contributed by atoms with E-state index < -0.39 is 12.0 Å². The molecule has 1 aliphatic carbocycles. The molecule has 2 N–H and O–H groups in total. The van der Waals surface area contributed by atoms with Crippen LogP contribution in [-0.4, -0.2) is 38.9 Å². The summed E-state index contributed by atoms with van der Waals surface area (Å²) in [7, 11) is 0. The fraction of sp³-hybridized carbons (Fsp3) is 0.435. The van der Waals surface area contributed by atoms with Crippen LogP contribution in [0.5, 0.6) is 5.75 Å². The predicted molar refractivity (Wildman–Crippen MR) is 115 cm³/mol. The van der Waals surface area contributed by atoms with Gasteiger partial charge in [-0.15, -0.1) is 5.10 Å². The van der Waals surface area contributed by atoms with Crippen LogP contribution >= 0.6 is 0 Å². The summed E-state index contributed by atoms with van der Waals surface area (Å²) in [5.41, 5.74) is 2.23. The van der Waals surface area contributed by atoms with Gasteiger partial charge in [-0.2, -0.15) is 17.9 Å². The number of aromatic nitrogens is 4. The molecular formula is C23H25F3N6O. The topological polar surface area (TPSA) is 76.9 Å². The summed E-state index contributed by atoms with van der Waals surface area (Å²) in [6.45, 7) is 1.40. The van der Waals surface area contributed by atoms with Crippen molar-refractivity contribution in [2.24, 2.45) is 0 Å². The maximum Gasteiger partial charge on any atom is 0.453 e. The van der Waals surface area contributed by atoms with Gasteiger partial charge in [-0.1, -0.05) is 30.3 Å². The van der Waals surface area contributed by atoms with Crippen LogP contribution in [0.4, 0.5) is 13.2 Å². The molecule has 5 rings (SSSR count). The predicted octanol–water partition coefficient (Wildman–Crippen LogP) is 3.81. The Bertz CT molecular complexity index is 1080. The van der Waals surface area contributed by atoms with E-state index >= 15 is 0 Å². The van der Waals surface area contributed by atoms with E-state index in [0.29, 0.717) is 12.3 Å². The van der Waals surface area contributed by atoms with Crippen molar-refractivity contribution in [3.63, 3.8) is 0 Å². The Balaban J connectivity index is 1.40. The summed E-state index contributed by atoms with van der Waals surface area (Å²) < 4.78 is 46.7. The van der Waals surface area contributed by atoms with E-state index in [-0.39, 0.29) is 23.9 Å². The van der Waals surface area contributed by atoms with Crippen molar-refractivity contribution in [2.45, 2.75) is 56.6 Å². The molecule has 0 bridgehead atoms. The van der Waals surface area contributed by atoms with Crippen molar-refractivity contribution in [1.82, 2.24) is 30.8 Å². The molecule has 3 aromatic rings. The molecule has 1 saturated heterocycles. The van der Waals surface area contributed by atoms with Crippen molar-refractivity contribution in [1.29, 1.82) is 0 Å². The minimum absolute atomic E-state index is 0.160. The number of alkyl halides is 3. The zero-order valence-electron chi connectivity index (χ0n) is 17.9. The standard InChI is InChI=1S/C23H25F3N6O/c24-23(25,26)22-29-30-31-32(22)17-8-11-20(33-18-9-10-18)16(13-17)14-28-19-7-4-12-27-21(19)15-5-2-1-3-6-15/h1-3,5-6,8,11,13,18-19,21,27-28H,4,7,9-10,12,14H2. The molecule has 2 heterocycles. The van der Waals surface area contributed by atoms with E-state index in [4.69, 9.17) is 4.74 Å². The van der Waals surface area contributed by atoms with Crippen molar-refractivity contribution < 1.29 is 17.9 Å². The molecule has 0 radical (unpaired) electrons. The van der Waals surface area contributed by atoms with Crippen LogP contribution < -0.4 is 15.4 Å². The van der Waals surface area contributed by atoms with Gasteiger partial charge in [-0.05, 0) is 66.4 Å². The SMILES string of the molecule is FC(F)(F)c1nnnn1-c1ccc(OC2CC2)c(CNC2CCCNC2c2ccccc2)c1. The molecule has 2 aliphatic rings. The van der Waals surface area contributed by atoms with Crippen molar-refractivity contribution >= 4 is 0 Å². The Kier molecular flexibility index (Phi) is 6.03. The quantitative estimate of drug-likeness (QED) is 0.561. The molecule has 2 fully saturated rings. The summed E-state index contributed by atoms with van der Waals surface area (Å²) in [6.07, 6.45) is -0.462. The lowest BCUT2D eigenvalue weighted by Gasteiger charge is -2.34. The first kappa shape index (κ1) is 21.8. The average Bonchev–Trinajstić information content (AvgIpc) is 3.49. The lowest BCUT2D eigenvalue weighted by Crippen LogP contribution is -2.45. The van der Waals surface area contributed by atoms with E-state index in [1.165, 1.54) is 5.56 Å². The number of nitrogens with zero attached hydrogens (tertiary/aromatic N) is 4. The fourth-order valence-corrected chi connectivity index (χ4v) is 4.21. The summed E-state index contributed by atoms with van der Waals surface area (Å²) in [5.74, 6) is -0.478. The second kappa shape index (κ2) is 9.11. The zero-order chi connectivity index (χ0) is 22.8. The molecule has 33 heavy (non-hydrogen) atoms. The Labute approximate surface area is 189 Å². The normalized spacial score (nSPS) is 21.2. The van der Waals surface area contributed by atoms with Crippen molar-refractivity contribution in [3.8, 4) is 11.4 Å². The van der Waals surface area contributed by atoms with Crippen LogP contribution in [0.25, 0.3) is 5.69 Å². The largest absolute Gasteiger partial charge is 0.490 e. The van der Waals surface area contributed by atoms with Crippen LogP contribution in [0.15, 0.2) is 48.5 Å². The highest BCUT2D eigenvalue weighted by Gasteiger charge is 2.38. The fourth-order valence-electron chi connectivity index (χ4n) is 4.21. The molecule has 0 amide bonds. The van der Waals surface area contributed by atoms with Crippen LogP contribution in [0.3, 0.4) is 0 Å². The molecule has 174 valence electrons. The lowest BCUT2D eigenvalue weighted by atomic mass is 9.92. The molecule has 1 saturated carbocycles. The number of halogens is 3. The number of hydrogen-bond donors (Lipinski definition) is 2. The number of ether oxygens (including phenoxy) is 1. The summed E-state index contributed by atoms with van der Waals surface area (Å²) >= 11 is 0. The van der Waals surface area contributed by atoms with E-state index in [2.05, 4.69) is 38.3 Å². The van der Waals surface area contributed by atoms with Gasteiger partial charge in [-0.25, -0.2) is 0 Å². The number of rotatable bonds is 7. The smallest absolute Gasteiger partial charge is 0.453 e. The average molecular weight is 458 g/mol. The highest BCUT2D eigenvalue weighted by Crippen LogP contribution is 2.33. The Morgan fingerprint density at radius 2 is 1.91 bits per heavy atom. The first-order valence-electron chi connectivity index (χ1n) is 11.2. The molecule has 0 spiro atoms. The number of piperidine rings is 1. The highest BCUT2D eigenvalue weighted by atomic mass is 19.4. The van der Waals surface area contributed by atoms with Crippen LogP contribution in [0.1, 0.15) is 48.7 Å². The van der Waals surface area contributed by atoms with Gasteiger partial charge in [0.15, 0.2) is 0 Å². The molecular weight excluding hydrogens is 433 g/mol. The first-order valence-corrected chi connectivity index (χ1v) is 11.2. The third-order valence-electron chi connectivity index (χ3n) is 6.00. The minimum atomic E-state index is -4.65. The van der Waals surface area contributed by atoms with E-state index in [9.17, 15) is 13.2 Å². The van der Waals surface area contributed by atoms with Crippen LogP contribution in [-0.2, 0) is 12.7 Å². The van der Waals surface area contributed by atoms with Crippen molar-refractivity contribution in [2.75, 3.05) is 6.54 Å². The lowest BCUT2D eigenvalue weighted by molar-refractivity contribution is -0.146. The van der Waals surface area contributed by atoms with E-state index in [0.717, 1.165) is 42.5 Å². The number of nitrogens with one attached hydrogen (secondary N) is 2. The van der Waals surface area contributed by atoms with Gasteiger partial charge < -0.3 is 15.4 Å². The van der Waals surface area contributed by atoms with E-state index in [1.54, 1.807) is 18.2 Å². The van der Waals surface area contributed by atoms with Gasteiger partial charge in [0.2, 0.25) is 0 Å². The molecule has 2 unspecified atom stereocenters. The first-order chi connectivity index (χ1) is 16.0. The molecule has 1 aliphatic heterocycles. The Morgan fingerprint density at radius 1 is 1.09 bits per heavy atom. The van der Waals surface area contributed by atoms with Gasteiger partial charge in [-0.3, -0.25) is 0 Å². The molecule has 1 aromatic heterocycles. The zero-order valence-corrected chi connectivity index (χ0v) is 17.9. The third-order valence-corrected chi connectivity index (χ3v) is 6.00. The second-order valence-electron chi connectivity index (χ2n) is 8.49. The van der Waals surface area contributed by atoms with Gasteiger partial charge >= 0.3 is 6.18 Å². The summed E-state index contributed by atoms with van der Waals surface area (Å²) in [6, 6.07) is 15.5. The van der Waals surface area contributed by atoms with Gasteiger partial charge in [0.05, 0.1) is 11.8 Å². The van der Waals surface area contributed by atoms with Gasteiger partial charge in [0.25, 0.3) is 5.82 Å². The maximum absolute atomic E-state index is 13.3. The molecule has 10 heteroatoms. The number of tetrazole rings is 1. The number of benzene rings is 2. The number of hydrogen-bond acceptors (Lipinski definition) is 6. The minimum Gasteiger partial charge on any atom is -0.490 e. The van der Waals surface area contributed by atoms with Crippen LogP contribution in [0.2, 0.25) is 0 Å². The third kappa shape index (κ3) is 5.01. The molecule has 2 atom stereocenters. The maximum atomic E-state index is 13.3. The van der Waals surface area contributed by atoms with E-state index in [1.807, 2.05) is 18.2 Å². The van der Waals surface area contributed by atoms with Gasteiger partial charge in [0.1, 0.15) is 5.75 Å². The Hall–Kier alpha value is -2.98. The molecule has 2 aromatic carbocycles. The Morgan fingerprint density at radius 3 is 2.67 bits per heavy atom. The monoisotopic (exact) mass is 458 g/mol. The summed E-state index contributed by atoms with van der Waals surface area (Å²) in [4.78, 5) is 0. The van der Waals surface area contributed by atoms with Gasteiger partial charge in [0, 0.05) is 24.2 Å². The second-order valence-corrected chi connectivity index (χ2v) is 8.49. The highest BCUT2D eigenvalue weighted by molar-refractivity contribution is 5.44. The van der Waals surface area contributed by atoms with Crippen molar-refractivity contribution in [3.05, 3.63) is 65.5 Å².